The molecule has 2 rings (SSSR count). The lowest BCUT2D eigenvalue weighted by Gasteiger charge is -2.13. The maximum absolute atomic E-state index is 10.8. The standard InChI is InChI=1S/C12H14N2O2.H2O/c1-7(11(13)12(15)16)10-6-8-4-2-3-5-9(8)14-10;/h2-7,11,14H,13H2,1H3,(H,15,16);1H2. The van der Waals surface area contributed by atoms with Crippen LogP contribution in [0.2, 0.25) is 0 Å². The van der Waals surface area contributed by atoms with Crippen molar-refractivity contribution >= 4 is 16.9 Å². The Morgan fingerprint density at radius 3 is 2.65 bits per heavy atom. The van der Waals surface area contributed by atoms with Crippen molar-refractivity contribution in [1.29, 1.82) is 0 Å². The summed E-state index contributed by atoms with van der Waals surface area (Å²) >= 11 is 0. The van der Waals surface area contributed by atoms with Gasteiger partial charge in [-0.05, 0) is 17.5 Å². The molecule has 1 heterocycles. The van der Waals surface area contributed by atoms with Crippen LogP contribution in [0.4, 0.5) is 0 Å². The van der Waals surface area contributed by atoms with E-state index in [0.29, 0.717) is 0 Å². The van der Waals surface area contributed by atoms with Crippen LogP contribution in [0.1, 0.15) is 18.5 Å². The summed E-state index contributed by atoms with van der Waals surface area (Å²) in [5.41, 5.74) is 7.45. The molecule has 5 heteroatoms. The average molecular weight is 236 g/mol. The highest BCUT2D eigenvalue weighted by molar-refractivity contribution is 5.81. The lowest BCUT2D eigenvalue weighted by Crippen LogP contribution is -2.35. The molecule has 1 aromatic carbocycles. The predicted molar refractivity (Wildman–Crippen MR) is 65.9 cm³/mol. The second kappa shape index (κ2) is 4.99. The lowest BCUT2D eigenvalue weighted by atomic mass is 9.99. The summed E-state index contributed by atoms with van der Waals surface area (Å²) in [5.74, 6) is -1.21. The van der Waals surface area contributed by atoms with E-state index in [-0.39, 0.29) is 11.4 Å². The second-order valence-electron chi connectivity index (χ2n) is 3.96. The van der Waals surface area contributed by atoms with Crippen molar-refractivity contribution in [2.75, 3.05) is 0 Å². The number of nitrogens with two attached hydrogens (primary N) is 1. The molecule has 0 aliphatic carbocycles. The van der Waals surface area contributed by atoms with E-state index in [9.17, 15) is 4.79 Å². The third-order valence-corrected chi connectivity index (χ3v) is 2.87. The number of rotatable bonds is 3. The third kappa shape index (κ3) is 2.46. The van der Waals surface area contributed by atoms with Gasteiger partial charge in [0.1, 0.15) is 6.04 Å². The van der Waals surface area contributed by atoms with Crippen LogP contribution in [0, 0.1) is 0 Å². The van der Waals surface area contributed by atoms with Gasteiger partial charge >= 0.3 is 5.97 Å². The van der Waals surface area contributed by atoms with E-state index < -0.39 is 12.0 Å². The number of aromatic nitrogens is 1. The van der Waals surface area contributed by atoms with Crippen LogP contribution >= 0.6 is 0 Å². The van der Waals surface area contributed by atoms with Crippen molar-refractivity contribution in [1.82, 2.24) is 4.98 Å². The molecule has 0 spiro atoms. The highest BCUT2D eigenvalue weighted by Crippen LogP contribution is 2.22. The Labute approximate surface area is 98.6 Å². The Kier molecular flexibility index (Phi) is 3.88. The van der Waals surface area contributed by atoms with Crippen molar-refractivity contribution in [2.24, 2.45) is 5.73 Å². The first-order valence-electron chi connectivity index (χ1n) is 5.15. The van der Waals surface area contributed by atoms with Gasteiger partial charge in [0, 0.05) is 17.1 Å². The topological polar surface area (TPSA) is 111 Å². The van der Waals surface area contributed by atoms with Crippen LogP contribution in [0.25, 0.3) is 10.9 Å². The number of H-pyrrole nitrogens is 1. The van der Waals surface area contributed by atoms with Crippen molar-refractivity contribution < 1.29 is 15.4 Å². The van der Waals surface area contributed by atoms with Gasteiger partial charge in [-0.15, -0.1) is 0 Å². The lowest BCUT2D eigenvalue weighted by molar-refractivity contribution is -0.139. The molecule has 0 saturated carbocycles. The Balaban J connectivity index is 0.00000144. The summed E-state index contributed by atoms with van der Waals surface area (Å²) in [5, 5.41) is 9.92. The minimum Gasteiger partial charge on any atom is -0.480 e. The zero-order valence-corrected chi connectivity index (χ0v) is 9.47. The fraction of sp³-hybridized carbons (Fsp3) is 0.250. The molecule has 2 aromatic rings. The Bertz CT molecular complexity index is 488. The molecule has 2 atom stereocenters. The molecule has 6 N–H and O–H groups in total. The first kappa shape index (κ1) is 13.2. The van der Waals surface area contributed by atoms with Gasteiger partial charge in [-0.3, -0.25) is 4.79 Å². The maximum atomic E-state index is 10.8. The molecule has 0 fully saturated rings. The number of carboxylic acids is 1. The summed E-state index contributed by atoms with van der Waals surface area (Å²) in [6, 6.07) is 8.88. The molecule has 0 amide bonds. The van der Waals surface area contributed by atoms with Crippen LogP contribution in [0.5, 0.6) is 0 Å². The van der Waals surface area contributed by atoms with Gasteiger partial charge in [-0.2, -0.15) is 0 Å². The van der Waals surface area contributed by atoms with Gasteiger partial charge in [-0.1, -0.05) is 25.1 Å². The summed E-state index contributed by atoms with van der Waals surface area (Å²) in [4.78, 5) is 14.0. The van der Waals surface area contributed by atoms with Crippen LogP contribution in [-0.2, 0) is 4.79 Å². The van der Waals surface area contributed by atoms with Crippen molar-refractivity contribution in [3.05, 3.63) is 36.0 Å². The molecule has 1 aromatic heterocycles. The van der Waals surface area contributed by atoms with Crippen molar-refractivity contribution in [3.8, 4) is 0 Å². The van der Waals surface area contributed by atoms with E-state index >= 15 is 0 Å². The molecule has 0 aliphatic rings. The largest absolute Gasteiger partial charge is 0.480 e. The normalized spacial score (nSPS) is 14.0. The number of aliphatic carboxylic acids is 1. The molecule has 0 aliphatic heterocycles. The van der Waals surface area contributed by atoms with Gasteiger partial charge in [0.05, 0.1) is 0 Å². The Hall–Kier alpha value is -1.85. The summed E-state index contributed by atoms with van der Waals surface area (Å²) < 4.78 is 0. The number of hydrogen-bond acceptors (Lipinski definition) is 2. The molecule has 17 heavy (non-hydrogen) atoms. The van der Waals surface area contributed by atoms with Crippen LogP contribution in [0.15, 0.2) is 30.3 Å². The van der Waals surface area contributed by atoms with Crippen LogP contribution in [0.3, 0.4) is 0 Å². The average Bonchev–Trinajstić information content (AvgIpc) is 2.70. The molecule has 5 nitrogen and oxygen atoms in total. The second-order valence-corrected chi connectivity index (χ2v) is 3.96. The Morgan fingerprint density at radius 1 is 1.41 bits per heavy atom. The smallest absolute Gasteiger partial charge is 0.321 e. The van der Waals surface area contributed by atoms with E-state index in [1.165, 1.54) is 0 Å². The monoisotopic (exact) mass is 236 g/mol. The van der Waals surface area contributed by atoms with Gasteiger partial charge in [0.15, 0.2) is 0 Å². The van der Waals surface area contributed by atoms with Crippen LogP contribution < -0.4 is 5.73 Å². The third-order valence-electron chi connectivity index (χ3n) is 2.87. The number of carbonyl (C=O) groups is 1. The van der Waals surface area contributed by atoms with Gasteiger partial charge in [0.25, 0.3) is 0 Å². The van der Waals surface area contributed by atoms with E-state index in [1.807, 2.05) is 37.3 Å². The van der Waals surface area contributed by atoms with E-state index in [2.05, 4.69) is 4.98 Å². The number of benzene rings is 1. The molecule has 0 bridgehead atoms. The number of nitrogens with one attached hydrogen (secondary N) is 1. The quantitative estimate of drug-likeness (QED) is 0.734. The summed E-state index contributed by atoms with van der Waals surface area (Å²) in [6.07, 6.45) is 0. The van der Waals surface area contributed by atoms with E-state index in [1.54, 1.807) is 0 Å². The summed E-state index contributed by atoms with van der Waals surface area (Å²) in [6.45, 7) is 1.81. The zero-order valence-electron chi connectivity index (χ0n) is 9.47. The van der Waals surface area contributed by atoms with Crippen molar-refractivity contribution in [3.63, 3.8) is 0 Å². The van der Waals surface area contributed by atoms with E-state index in [4.69, 9.17) is 10.8 Å². The van der Waals surface area contributed by atoms with Crippen LogP contribution in [-0.4, -0.2) is 27.6 Å². The zero-order chi connectivity index (χ0) is 11.7. The van der Waals surface area contributed by atoms with Gasteiger partial charge in [0.2, 0.25) is 0 Å². The number of aromatic amines is 1. The molecule has 0 saturated heterocycles. The minimum atomic E-state index is -0.980. The first-order chi connectivity index (χ1) is 7.59. The molecule has 2 unspecified atom stereocenters. The summed E-state index contributed by atoms with van der Waals surface area (Å²) in [7, 11) is 0. The fourth-order valence-electron chi connectivity index (χ4n) is 1.75. The first-order valence-corrected chi connectivity index (χ1v) is 5.15. The number of fused-ring (bicyclic) bond motifs is 1. The molecule has 92 valence electrons. The fourth-order valence-corrected chi connectivity index (χ4v) is 1.75. The Morgan fingerprint density at radius 2 is 2.06 bits per heavy atom. The SMILES string of the molecule is CC(c1cc2ccccc2[nH]1)C(N)C(=O)O.O. The highest BCUT2D eigenvalue weighted by atomic mass is 16.4. The highest BCUT2D eigenvalue weighted by Gasteiger charge is 2.22. The number of carboxylic acid groups (broad SMARTS) is 1. The number of para-hydroxylation sites is 1. The van der Waals surface area contributed by atoms with Crippen molar-refractivity contribution in [2.45, 2.75) is 18.9 Å². The molecule has 0 radical (unpaired) electrons. The predicted octanol–water partition coefficient (Wildman–Crippen LogP) is 0.859. The minimum absolute atomic E-state index is 0. The molecular formula is C12H16N2O3. The van der Waals surface area contributed by atoms with E-state index in [0.717, 1.165) is 16.6 Å². The van der Waals surface area contributed by atoms with Gasteiger partial charge < -0.3 is 21.3 Å². The number of hydrogen-bond donors (Lipinski definition) is 3. The van der Waals surface area contributed by atoms with Gasteiger partial charge in [-0.25, -0.2) is 0 Å². The maximum Gasteiger partial charge on any atom is 0.321 e. The molecular weight excluding hydrogens is 220 g/mol.